The molecule has 1 aromatic rings. The van der Waals surface area contributed by atoms with Crippen molar-refractivity contribution in [2.75, 3.05) is 13.7 Å². The van der Waals surface area contributed by atoms with Crippen LogP contribution in [-0.2, 0) is 9.59 Å². The van der Waals surface area contributed by atoms with E-state index < -0.39 is 18.0 Å². The Labute approximate surface area is 176 Å². The average molecular weight is 415 g/mol. The largest absolute Gasteiger partial charge is 0.496 e. The molecule has 0 aromatic carbocycles. The van der Waals surface area contributed by atoms with Gasteiger partial charge in [-0.05, 0) is 24.3 Å². The summed E-state index contributed by atoms with van der Waals surface area (Å²) in [6.07, 6.45) is 5.24. The Hall–Kier alpha value is -2.81. The predicted molar refractivity (Wildman–Crippen MR) is 109 cm³/mol. The number of aliphatic hydroxyl groups is 1. The predicted octanol–water partition coefficient (Wildman–Crippen LogP) is 1.60. The number of hydrogen-bond acceptors (Lipinski definition) is 7. The molecule has 1 aliphatic carbocycles. The number of methoxy groups -OCH3 is 1. The third-order valence-corrected chi connectivity index (χ3v) is 5.52. The summed E-state index contributed by atoms with van der Waals surface area (Å²) in [5.74, 6) is -0.635. The van der Waals surface area contributed by atoms with Crippen molar-refractivity contribution in [1.82, 2.24) is 25.6 Å². The van der Waals surface area contributed by atoms with E-state index in [4.69, 9.17) is 4.74 Å². The minimum absolute atomic E-state index is 0.0818. The van der Waals surface area contributed by atoms with Crippen LogP contribution in [-0.4, -0.2) is 57.7 Å². The van der Waals surface area contributed by atoms with E-state index in [1.54, 1.807) is 30.5 Å². The van der Waals surface area contributed by atoms with Gasteiger partial charge in [-0.25, -0.2) is 10.4 Å². The van der Waals surface area contributed by atoms with Crippen LogP contribution in [0, 0.1) is 5.41 Å². The van der Waals surface area contributed by atoms with E-state index in [2.05, 4.69) is 36.5 Å². The van der Waals surface area contributed by atoms with Gasteiger partial charge in [0.1, 0.15) is 11.9 Å². The number of ether oxygens (including phenoxy) is 1. The molecule has 1 saturated heterocycles. The van der Waals surface area contributed by atoms with Crippen LogP contribution in [0.15, 0.2) is 29.9 Å². The maximum Gasteiger partial charge on any atom is 0.280 e. The summed E-state index contributed by atoms with van der Waals surface area (Å²) in [5, 5.41) is 15.3. The van der Waals surface area contributed by atoms with Gasteiger partial charge in [-0.2, -0.15) is 0 Å². The van der Waals surface area contributed by atoms with E-state index in [9.17, 15) is 14.7 Å². The zero-order chi connectivity index (χ0) is 21.6. The van der Waals surface area contributed by atoms with Crippen molar-refractivity contribution in [3.8, 4) is 5.75 Å². The molecule has 2 fully saturated rings. The number of amides is 2. The standard InChI is InChI=1S/C21H29N5O4/c1-21(2,3)11-25-16-9-14(13-10-22-8-7-15(13)30-4)24-26(16)20(29)17(19(25)28)18(27)23-12-5-6-12/h7-8,10,12,14,16,24,28H,5-6,9,11H2,1-4H3,(H,23,27). The van der Waals surface area contributed by atoms with Gasteiger partial charge >= 0.3 is 0 Å². The number of aromatic nitrogens is 1. The van der Waals surface area contributed by atoms with E-state index in [0.29, 0.717) is 18.7 Å². The van der Waals surface area contributed by atoms with Crippen LogP contribution in [0.4, 0.5) is 0 Å². The molecule has 3 aliphatic rings. The zero-order valence-electron chi connectivity index (χ0n) is 17.8. The van der Waals surface area contributed by atoms with Crippen molar-refractivity contribution in [3.05, 3.63) is 35.5 Å². The van der Waals surface area contributed by atoms with Crippen molar-refractivity contribution in [2.24, 2.45) is 5.41 Å². The molecule has 0 radical (unpaired) electrons. The molecular weight excluding hydrogens is 386 g/mol. The van der Waals surface area contributed by atoms with Gasteiger partial charge in [-0.15, -0.1) is 0 Å². The van der Waals surface area contributed by atoms with E-state index >= 15 is 0 Å². The number of nitrogens with one attached hydrogen (secondary N) is 2. The lowest BCUT2D eigenvalue weighted by Gasteiger charge is -2.42. The number of carbonyl (C=O) groups excluding carboxylic acids is 2. The number of rotatable bonds is 5. The molecule has 0 spiro atoms. The lowest BCUT2D eigenvalue weighted by Crippen LogP contribution is -2.58. The van der Waals surface area contributed by atoms with E-state index in [0.717, 1.165) is 18.4 Å². The second-order valence-electron chi connectivity index (χ2n) is 9.33. The molecule has 3 N–H and O–H groups in total. The third kappa shape index (κ3) is 3.81. The highest BCUT2D eigenvalue weighted by Gasteiger charge is 2.49. The normalized spacial score (nSPS) is 24.2. The second-order valence-corrected chi connectivity index (χ2v) is 9.33. The molecule has 0 bridgehead atoms. The Kier molecular flexibility index (Phi) is 5.09. The first-order chi connectivity index (χ1) is 14.2. The molecule has 9 nitrogen and oxygen atoms in total. The molecule has 30 heavy (non-hydrogen) atoms. The van der Waals surface area contributed by atoms with Gasteiger partial charge in [0.25, 0.3) is 11.8 Å². The van der Waals surface area contributed by atoms with Gasteiger partial charge in [-0.3, -0.25) is 14.6 Å². The van der Waals surface area contributed by atoms with Gasteiger partial charge in [0, 0.05) is 37.0 Å². The van der Waals surface area contributed by atoms with Crippen molar-refractivity contribution in [3.63, 3.8) is 0 Å². The number of carbonyl (C=O) groups is 2. The summed E-state index contributed by atoms with van der Waals surface area (Å²) in [7, 11) is 1.59. The van der Waals surface area contributed by atoms with Crippen molar-refractivity contribution < 1.29 is 19.4 Å². The van der Waals surface area contributed by atoms with Gasteiger partial charge in [0.05, 0.1) is 13.2 Å². The number of hydrogen-bond donors (Lipinski definition) is 3. The lowest BCUT2D eigenvalue weighted by atomic mass is 9.94. The molecule has 2 unspecified atom stereocenters. The Bertz CT molecular complexity index is 890. The third-order valence-electron chi connectivity index (χ3n) is 5.52. The number of pyridine rings is 1. The van der Waals surface area contributed by atoms with Crippen molar-refractivity contribution in [2.45, 2.75) is 58.3 Å². The Morgan fingerprint density at radius 3 is 2.77 bits per heavy atom. The molecule has 2 aliphatic heterocycles. The number of nitrogens with zero attached hydrogens (tertiary/aromatic N) is 3. The summed E-state index contributed by atoms with van der Waals surface area (Å²) >= 11 is 0. The summed E-state index contributed by atoms with van der Waals surface area (Å²) in [5.41, 5.74) is 3.66. The minimum atomic E-state index is -0.526. The molecular formula is C21H29N5O4. The number of hydrazine groups is 1. The van der Waals surface area contributed by atoms with Crippen LogP contribution >= 0.6 is 0 Å². The van der Waals surface area contributed by atoms with Crippen LogP contribution in [0.1, 0.15) is 51.6 Å². The first-order valence-corrected chi connectivity index (χ1v) is 10.3. The molecule has 4 rings (SSSR count). The highest BCUT2D eigenvalue weighted by atomic mass is 16.5. The maximum absolute atomic E-state index is 13.2. The van der Waals surface area contributed by atoms with E-state index in [1.165, 1.54) is 5.01 Å². The van der Waals surface area contributed by atoms with Crippen LogP contribution in [0.5, 0.6) is 5.75 Å². The number of fused-ring (bicyclic) bond motifs is 1. The Morgan fingerprint density at radius 2 is 2.13 bits per heavy atom. The van der Waals surface area contributed by atoms with Crippen LogP contribution in [0.3, 0.4) is 0 Å². The molecule has 3 heterocycles. The van der Waals surface area contributed by atoms with Crippen LogP contribution < -0.4 is 15.5 Å². The van der Waals surface area contributed by atoms with Gasteiger partial charge in [-0.1, -0.05) is 20.8 Å². The van der Waals surface area contributed by atoms with E-state index in [1.807, 2.05) is 0 Å². The van der Waals surface area contributed by atoms with Crippen molar-refractivity contribution in [1.29, 1.82) is 0 Å². The minimum Gasteiger partial charge on any atom is -0.496 e. The Balaban J connectivity index is 1.68. The fourth-order valence-electron chi connectivity index (χ4n) is 4.00. The van der Waals surface area contributed by atoms with Gasteiger partial charge in [0.2, 0.25) is 5.88 Å². The smallest absolute Gasteiger partial charge is 0.280 e. The molecule has 2 atom stereocenters. The maximum atomic E-state index is 13.2. The summed E-state index contributed by atoms with van der Waals surface area (Å²) in [6.45, 7) is 6.63. The molecule has 162 valence electrons. The number of aliphatic hydroxyl groups excluding tert-OH is 1. The summed E-state index contributed by atoms with van der Waals surface area (Å²) < 4.78 is 5.46. The Morgan fingerprint density at radius 1 is 1.40 bits per heavy atom. The fourth-order valence-corrected chi connectivity index (χ4v) is 4.00. The van der Waals surface area contributed by atoms with Gasteiger partial charge < -0.3 is 20.1 Å². The SMILES string of the molecule is COc1ccncc1C1CC2N(CC(C)(C)C)C(O)=C(C(=O)NC3CC3)C(=O)N2N1. The van der Waals surface area contributed by atoms with Gasteiger partial charge in [0.15, 0.2) is 5.57 Å². The highest BCUT2D eigenvalue weighted by molar-refractivity contribution is 6.19. The fraction of sp³-hybridized carbons (Fsp3) is 0.571. The van der Waals surface area contributed by atoms with Crippen LogP contribution in [0.2, 0.25) is 0 Å². The molecule has 1 aromatic heterocycles. The molecule has 1 saturated carbocycles. The highest BCUT2D eigenvalue weighted by Crippen LogP contribution is 2.39. The molecule has 2 amide bonds. The molecule has 9 heteroatoms. The topological polar surface area (TPSA) is 107 Å². The monoisotopic (exact) mass is 415 g/mol. The second kappa shape index (κ2) is 7.46. The average Bonchev–Trinajstić information content (AvgIpc) is 3.38. The van der Waals surface area contributed by atoms with Crippen LogP contribution in [0.25, 0.3) is 0 Å². The lowest BCUT2D eigenvalue weighted by molar-refractivity contribution is -0.142. The summed E-state index contributed by atoms with van der Waals surface area (Å²) in [6, 6.07) is 1.61. The van der Waals surface area contributed by atoms with E-state index in [-0.39, 0.29) is 29.0 Å². The quantitative estimate of drug-likeness (QED) is 0.627. The first kappa shape index (κ1) is 20.5. The zero-order valence-corrected chi connectivity index (χ0v) is 17.8. The van der Waals surface area contributed by atoms with Crippen molar-refractivity contribution >= 4 is 11.8 Å². The first-order valence-electron chi connectivity index (χ1n) is 10.3. The summed E-state index contributed by atoms with van der Waals surface area (Å²) in [4.78, 5) is 31.9.